The number of nitrogens with zero attached hydrogens (tertiary/aromatic N) is 1. The lowest BCUT2D eigenvalue weighted by molar-refractivity contribution is -0.137. The normalized spacial score (nSPS) is 12.1. The lowest BCUT2D eigenvalue weighted by Gasteiger charge is -2.15. The SMILES string of the molecule is Cc1ccc(C(CC(=O)O)Cc2cccnc2)cc1. The van der Waals surface area contributed by atoms with Crippen molar-refractivity contribution in [2.24, 2.45) is 0 Å². The highest BCUT2D eigenvalue weighted by molar-refractivity contribution is 5.68. The highest BCUT2D eigenvalue weighted by Gasteiger charge is 2.16. The average Bonchev–Trinajstić information content (AvgIpc) is 2.39. The summed E-state index contributed by atoms with van der Waals surface area (Å²) in [5.74, 6) is -0.781. The van der Waals surface area contributed by atoms with Crippen molar-refractivity contribution in [3.8, 4) is 0 Å². The number of carbonyl (C=O) groups is 1. The highest BCUT2D eigenvalue weighted by atomic mass is 16.4. The standard InChI is InChI=1S/C16H17NO2/c1-12-4-6-14(7-5-12)15(10-16(18)19)9-13-3-2-8-17-11-13/h2-8,11,15H,9-10H2,1H3,(H,18,19). The molecular weight excluding hydrogens is 238 g/mol. The first-order valence-electron chi connectivity index (χ1n) is 6.32. The van der Waals surface area contributed by atoms with Gasteiger partial charge in [-0.15, -0.1) is 0 Å². The molecule has 3 heteroatoms. The molecular formula is C16H17NO2. The Morgan fingerprint density at radius 3 is 2.58 bits per heavy atom. The number of benzene rings is 1. The third kappa shape index (κ3) is 3.91. The number of rotatable bonds is 5. The molecule has 0 aliphatic rings. The second-order valence-corrected chi connectivity index (χ2v) is 4.77. The molecule has 1 aromatic carbocycles. The Bertz CT molecular complexity index is 534. The molecule has 1 aromatic heterocycles. The van der Waals surface area contributed by atoms with Gasteiger partial charge in [-0.3, -0.25) is 9.78 Å². The number of aliphatic carboxylic acids is 1. The number of carboxylic acid groups (broad SMARTS) is 1. The summed E-state index contributed by atoms with van der Waals surface area (Å²) in [4.78, 5) is 15.1. The van der Waals surface area contributed by atoms with Gasteiger partial charge in [0.1, 0.15) is 0 Å². The molecule has 0 fully saturated rings. The van der Waals surface area contributed by atoms with E-state index in [1.54, 1.807) is 12.4 Å². The summed E-state index contributed by atoms with van der Waals surface area (Å²) in [5.41, 5.74) is 3.31. The fourth-order valence-electron chi connectivity index (χ4n) is 2.16. The molecule has 2 rings (SSSR count). The van der Waals surface area contributed by atoms with Crippen LogP contribution in [0.5, 0.6) is 0 Å². The van der Waals surface area contributed by atoms with Gasteiger partial charge in [0.05, 0.1) is 6.42 Å². The molecule has 19 heavy (non-hydrogen) atoms. The number of carboxylic acids is 1. The summed E-state index contributed by atoms with van der Waals surface area (Å²) in [5, 5.41) is 9.06. The lowest BCUT2D eigenvalue weighted by atomic mass is 9.89. The van der Waals surface area contributed by atoms with Crippen LogP contribution >= 0.6 is 0 Å². The van der Waals surface area contributed by atoms with E-state index < -0.39 is 5.97 Å². The third-order valence-electron chi connectivity index (χ3n) is 3.17. The molecule has 0 amide bonds. The Morgan fingerprint density at radius 1 is 1.26 bits per heavy atom. The molecule has 0 radical (unpaired) electrons. The van der Waals surface area contributed by atoms with Gasteiger partial charge in [-0.05, 0) is 36.5 Å². The Kier molecular flexibility index (Phi) is 4.29. The monoisotopic (exact) mass is 255 g/mol. The van der Waals surface area contributed by atoms with E-state index in [0.29, 0.717) is 6.42 Å². The first kappa shape index (κ1) is 13.3. The zero-order valence-electron chi connectivity index (χ0n) is 10.9. The molecule has 0 spiro atoms. The van der Waals surface area contributed by atoms with Crippen LogP contribution in [-0.2, 0) is 11.2 Å². The van der Waals surface area contributed by atoms with Crippen LogP contribution < -0.4 is 0 Å². The molecule has 1 atom stereocenters. The Morgan fingerprint density at radius 2 is 2.00 bits per heavy atom. The van der Waals surface area contributed by atoms with Crippen molar-refractivity contribution >= 4 is 5.97 Å². The molecule has 98 valence electrons. The minimum absolute atomic E-state index is 0.0118. The summed E-state index contributed by atoms with van der Waals surface area (Å²) in [6.07, 6.45) is 4.35. The van der Waals surface area contributed by atoms with Crippen molar-refractivity contribution in [3.05, 3.63) is 65.5 Å². The van der Waals surface area contributed by atoms with E-state index >= 15 is 0 Å². The number of aromatic nitrogens is 1. The van der Waals surface area contributed by atoms with Crippen LogP contribution in [0.3, 0.4) is 0 Å². The Hall–Kier alpha value is -2.16. The van der Waals surface area contributed by atoms with Gasteiger partial charge in [-0.1, -0.05) is 35.9 Å². The Labute approximate surface area is 112 Å². The smallest absolute Gasteiger partial charge is 0.303 e. The van der Waals surface area contributed by atoms with Crippen molar-refractivity contribution in [3.63, 3.8) is 0 Å². The second-order valence-electron chi connectivity index (χ2n) is 4.77. The quantitative estimate of drug-likeness (QED) is 0.892. The lowest BCUT2D eigenvalue weighted by Crippen LogP contribution is -2.09. The molecule has 1 heterocycles. The van der Waals surface area contributed by atoms with Crippen molar-refractivity contribution in [2.45, 2.75) is 25.7 Å². The fourth-order valence-corrected chi connectivity index (χ4v) is 2.16. The van der Waals surface area contributed by atoms with E-state index in [9.17, 15) is 4.79 Å². The first-order chi connectivity index (χ1) is 9.15. The predicted molar refractivity (Wildman–Crippen MR) is 74.1 cm³/mol. The van der Waals surface area contributed by atoms with Crippen LogP contribution in [0, 0.1) is 6.92 Å². The van der Waals surface area contributed by atoms with E-state index in [-0.39, 0.29) is 12.3 Å². The van der Waals surface area contributed by atoms with Crippen molar-refractivity contribution in [1.29, 1.82) is 0 Å². The summed E-state index contributed by atoms with van der Waals surface area (Å²) in [6.45, 7) is 2.02. The summed E-state index contributed by atoms with van der Waals surface area (Å²) in [6, 6.07) is 11.9. The summed E-state index contributed by atoms with van der Waals surface area (Å²) in [7, 11) is 0. The maximum Gasteiger partial charge on any atom is 0.303 e. The maximum atomic E-state index is 11.0. The van der Waals surface area contributed by atoms with E-state index in [2.05, 4.69) is 4.98 Å². The van der Waals surface area contributed by atoms with E-state index in [0.717, 1.165) is 11.1 Å². The van der Waals surface area contributed by atoms with Gasteiger partial charge in [0, 0.05) is 12.4 Å². The average molecular weight is 255 g/mol. The third-order valence-corrected chi connectivity index (χ3v) is 3.17. The van der Waals surface area contributed by atoms with Gasteiger partial charge in [0.15, 0.2) is 0 Å². The van der Waals surface area contributed by atoms with Gasteiger partial charge in [0.25, 0.3) is 0 Å². The number of pyridine rings is 1. The fraction of sp³-hybridized carbons (Fsp3) is 0.250. The minimum atomic E-state index is -0.769. The van der Waals surface area contributed by atoms with Gasteiger partial charge < -0.3 is 5.11 Å². The van der Waals surface area contributed by atoms with Crippen LogP contribution in [-0.4, -0.2) is 16.1 Å². The topological polar surface area (TPSA) is 50.2 Å². The Balaban J connectivity index is 2.20. The zero-order valence-corrected chi connectivity index (χ0v) is 10.9. The molecule has 0 bridgehead atoms. The molecule has 0 saturated carbocycles. The number of aryl methyl sites for hydroxylation is 1. The van der Waals surface area contributed by atoms with Crippen molar-refractivity contribution in [2.75, 3.05) is 0 Å². The molecule has 0 saturated heterocycles. The van der Waals surface area contributed by atoms with Crippen molar-refractivity contribution < 1.29 is 9.90 Å². The predicted octanol–water partition coefficient (Wildman–Crippen LogP) is 3.19. The molecule has 3 nitrogen and oxygen atoms in total. The molecule has 2 aromatic rings. The van der Waals surface area contributed by atoms with E-state index in [1.165, 1.54) is 5.56 Å². The van der Waals surface area contributed by atoms with Gasteiger partial charge in [-0.25, -0.2) is 0 Å². The van der Waals surface area contributed by atoms with Crippen molar-refractivity contribution in [1.82, 2.24) is 4.98 Å². The van der Waals surface area contributed by atoms with Crippen LogP contribution in [0.15, 0.2) is 48.8 Å². The maximum absolute atomic E-state index is 11.0. The first-order valence-corrected chi connectivity index (χ1v) is 6.32. The molecule has 1 N–H and O–H groups in total. The van der Waals surface area contributed by atoms with Crippen LogP contribution in [0.1, 0.15) is 29.0 Å². The minimum Gasteiger partial charge on any atom is -0.481 e. The summed E-state index contributed by atoms with van der Waals surface area (Å²) < 4.78 is 0. The molecule has 0 aliphatic carbocycles. The highest BCUT2D eigenvalue weighted by Crippen LogP contribution is 2.24. The second kappa shape index (κ2) is 6.14. The molecule has 0 aliphatic heterocycles. The zero-order chi connectivity index (χ0) is 13.7. The summed E-state index contributed by atoms with van der Waals surface area (Å²) >= 11 is 0. The number of hydrogen-bond donors (Lipinski definition) is 1. The van der Waals surface area contributed by atoms with Crippen LogP contribution in [0.2, 0.25) is 0 Å². The van der Waals surface area contributed by atoms with E-state index in [4.69, 9.17) is 5.11 Å². The van der Waals surface area contributed by atoms with Gasteiger partial charge in [0.2, 0.25) is 0 Å². The van der Waals surface area contributed by atoms with Gasteiger partial charge in [-0.2, -0.15) is 0 Å². The van der Waals surface area contributed by atoms with Crippen LogP contribution in [0.4, 0.5) is 0 Å². The largest absolute Gasteiger partial charge is 0.481 e. The van der Waals surface area contributed by atoms with Gasteiger partial charge >= 0.3 is 5.97 Å². The van der Waals surface area contributed by atoms with E-state index in [1.807, 2.05) is 43.3 Å². The molecule has 1 unspecified atom stereocenters. The number of hydrogen-bond acceptors (Lipinski definition) is 2. The van der Waals surface area contributed by atoms with Crippen LogP contribution in [0.25, 0.3) is 0 Å².